The van der Waals surface area contributed by atoms with Gasteiger partial charge in [0.25, 0.3) is 0 Å². The molecule has 17 heavy (non-hydrogen) atoms. The van der Waals surface area contributed by atoms with Crippen molar-refractivity contribution in [1.82, 2.24) is 10.6 Å². The normalized spacial score (nSPS) is 11.2. The molecule has 0 saturated heterocycles. The summed E-state index contributed by atoms with van der Waals surface area (Å²) in [6.45, 7) is 4.99. The van der Waals surface area contributed by atoms with E-state index in [1.807, 2.05) is 13.8 Å². The van der Waals surface area contributed by atoms with Crippen molar-refractivity contribution in [1.29, 1.82) is 0 Å². The highest BCUT2D eigenvalue weighted by Gasteiger charge is 2.20. The first kappa shape index (κ1) is 15.9. The van der Waals surface area contributed by atoms with Crippen molar-refractivity contribution in [2.24, 2.45) is 0 Å². The van der Waals surface area contributed by atoms with Crippen LogP contribution in [0.15, 0.2) is 0 Å². The first-order valence-electron chi connectivity index (χ1n) is 5.60. The van der Waals surface area contributed by atoms with E-state index < -0.39 is 11.5 Å². The smallest absolute Gasteiger partial charge is 0.303 e. The van der Waals surface area contributed by atoms with Gasteiger partial charge in [0.2, 0.25) is 5.91 Å². The number of ether oxygens (including phenoxy) is 1. The van der Waals surface area contributed by atoms with Crippen LogP contribution in [0, 0.1) is 0 Å². The van der Waals surface area contributed by atoms with Gasteiger partial charge in [0, 0.05) is 25.6 Å². The fraction of sp³-hybridized carbons (Fsp3) is 0.818. The molecule has 0 saturated carbocycles. The van der Waals surface area contributed by atoms with Crippen molar-refractivity contribution in [3.63, 3.8) is 0 Å². The molecule has 0 heterocycles. The highest BCUT2D eigenvalue weighted by atomic mass is 16.5. The third-order valence-corrected chi connectivity index (χ3v) is 2.21. The number of amides is 1. The van der Waals surface area contributed by atoms with Crippen LogP contribution in [0.25, 0.3) is 0 Å². The van der Waals surface area contributed by atoms with Crippen molar-refractivity contribution < 1.29 is 19.4 Å². The summed E-state index contributed by atoms with van der Waals surface area (Å²) in [4.78, 5) is 21.9. The van der Waals surface area contributed by atoms with Crippen molar-refractivity contribution in [3.8, 4) is 0 Å². The molecule has 0 aromatic heterocycles. The highest BCUT2D eigenvalue weighted by molar-refractivity contribution is 5.78. The van der Waals surface area contributed by atoms with Crippen molar-refractivity contribution in [3.05, 3.63) is 0 Å². The molecule has 100 valence electrons. The number of carboxylic acids is 1. The maximum absolute atomic E-state index is 11.5. The Balaban J connectivity index is 3.80. The number of hydrogen-bond acceptors (Lipinski definition) is 4. The molecule has 0 aliphatic heterocycles. The van der Waals surface area contributed by atoms with Crippen molar-refractivity contribution >= 4 is 11.9 Å². The molecule has 0 fully saturated rings. The van der Waals surface area contributed by atoms with Crippen LogP contribution in [0.2, 0.25) is 0 Å². The summed E-state index contributed by atoms with van der Waals surface area (Å²) in [5.41, 5.74) is -0.502. The summed E-state index contributed by atoms with van der Waals surface area (Å²) in [7, 11) is 1.59. The zero-order valence-electron chi connectivity index (χ0n) is 10.7. The molecule has 0 unspecified atom stereocenters. The predicted octanol–water partition coefficient (Wildman–Crippen LogP) is -0.0180. The summed E-state index contributed by atoms with van der Waals surface area (Å²) in [6.07, 6.45) is 0.455. The van der Waals surface area contributed by atoms with E-state index in [2.05, 4.69) is 10.6 Å². The monoisotopic (exact) mass is 246 g/mol. The summed E-state index contributed by atoms with van der Waals surface area (Å²) in [6, 6.07) is 0. The average Bonchev–Trinajstić information content (AvgIpc) is 2.21. The average molecular weight is 246 g/mol. The summed E-state index contributed by atoms with van der Waals surface area (Å²) in [5.74, 6) is -0.998. The lowest BCUT2D eigenvalue weighted by Crippen LogP contribution is -2.47. The van der Waals surface area contributed by atoms with Gasteiger partial charge in [-0.05, 0) is 20.3 Å². The minimum Gasteiger partial charge on any atom is -0.481 e. The SMILES string of the molecule is COCCNCC(=O)NC(C)(C)CCC(=O)O. The first-order valence-corrected chi connectivity index (χ1v) is 5.60. The van der Waals surface area contributed by atoms with Crippen molar-refractivity contribution in [2.45, 2.75) is 32.2 Å². The van der Waals surface area contributed by atoms with Crippen LogP contribution in [-0.4, -0.2) is 49.3 Å². The Bertz CT molecular complexity index is 254. The van der Waals surface area contributed by atoms with E-state index in [0.717, 1.165) is 0 Å². The molecule has 0 aromatic carbocycles. The molecular weight excluding hydrogens is 224 g/mol. The van der Waals surface area contributed by atoms with Gasteiger partial charge in [0.1, 0.15) is 0 Å². The van der Waals surface area contributed by atoms with Gasteiger partial charge in [0.05, 0.1) is 13.2 Å². The highest BCUT2D eigenvalue weighted by Crippen LogP contribution is 2.10. The summed E-state index contributed by atoms with van der Waals surface area (Å²) in [5, 5.41) is 14.3. The lowest BCUT2D eigenvalue weighted by Gasteiger charge is -2.25. The van der Waals surface area contributed by atoms with E-state index in [1.54, 1.807) is 7.11 Å². The Morgan fingerprint density at radius 3 is 2.53 bits per heavy atom. The number of aliphatic carboxylic acids is 1. The van der Waals surface area contributed by atoms with Crippen LogP contribution < -0.4 is 10.6 Å². The molecule has 0 rings (SSSR count). The maximum Gasteiger partial charge on any atom is 0.303 e. The topological polar surface area (TPSA) is 87.7 Å². The molecule has 0 bridgehead atoms. The van der Waals surface area contributed by atoms with E-state index in [1.165, 1.54) is 0 Å². The minimum atomic E-state index is -0.856. The predicted molar refractivity (Wildman–Crippen MR) is 63.8 cm³/mol. The van der Waals surface area contributed by atoms with E-state index in [4.69, 9.17) is 9.84 Å². The van der Waals surface area contributed by atoms with Gasteiger partial charge in [-0.2, -0.15) is 0 Å². The van der Waals surface area contributed by atoms with Gasteiger partial charge < -0.3 is 20.5 Å². The fourth-order valence-electron chi connectivity index (χ4n) is 1.28. The number of carbonyl (C=O) groups is 2. The number of rotatable bonds is 9. The fourth-order valence-corrected chi connectivity index (χ4v) is 1.28. The molecule has 0 spiro atoms. The lowest BCUT2D eigenvalue weighted by molar-refractivity contribution is -0.137. The number of hydrogen-bond donors (Lipinski definition) is 3. The molecule has 0 radical (unpaired) electrons. The molecule has 3 N–H and O–H groups in total. The Kier molecular flexibility index (Phi) is 7.49. The van der Waals surface area contributed by atoms with Crippen LogP contribution in [0.5, 0.6) is 0 Å². The van der Waals surface area contributed by atoms with Gasteiger partial charge in [-0.15, -0.1) is 0 Å². The Morgan fingerprint density at radius 1 is 1.35 bits per heavy atom. The minimum absolute atomic E-state index is 0.0460. The molecule has 0 aromatic rings. The van der Waals surface area contributed by atoms with E-state index in [-0.39, 0.29) is 18.9 Å². The number of nitrogens with one attached hydrogen (secondary N) is 2. The van der Waals surface area contributed by atoms with Crippen molar-refractivity contribution in [2.75, 3.05) is 26.8 Å². The second kappa shape index (κ2) is 8.03. The maximum atomic E-state index is 11.5. The van der Waals surface area contributed by atoms with Crippen LogP contribution in [0.4, 0.5) is 0 Å². The van der Waals surface area contributed by atoms with Crippen LogP contribution in [0.3, 0.4) is 0 Å². The Morgan fingerprint density at radius 2 is 2.00 bits per heavy atom. The van der Waals surface area contributed by atoms with E-state index in [0.29, 0.717) is 19.6 Å². The number of carboxylic acid groups (broad SMARTS) is 1. The largest absolute Gasteiger partial charge is 0.481 e. The molecule has 1 amide bonds. The molecule has 0 atom stereocenters. The van der Waals surface area contributed by atoms with Gasteiger partial charge in [-0.1, -0.05) is 0 Å². The third-order valence-electron chi connectivity index (χ3n) is 2.21. The standard InChI is InChI=1S/C11H22N2O4/c1-11(2,5-4-10(15)16)13-9(14)8-12-6-7-17-3/h12H,4-8H2,1-3H3,(H,13,14)(H,15,16). The third kappa shape index (κ3) is 9.77. The molecular formula is C11H22N2O4. The van der Waals surface area contributed by atoms with Crippen LogP contribution >= 0.6 is 0 Å². The lowest BCUT2D eigenvalue weighted by atomic mass is 9.98. The van der Waals surface area contributed by atoms with Gasteiger partial charge in [-0.25, -0.2) is 0 Å². The summed E-state index contributed by atoms with van der Waals surface area (Å²) < 4.78 is 4.83. The zero-order valence-corrected chi connectivity index (χ0v) is 10.7. The van der Waals surface area contributed by atoms with Gasteiger partial charge >= 0.3 is 5.97 Å². The molecule has 6 heteroatoms. The zero-order chi connectivity index (χ0) is 13.3. The number of carbonyl (C=O) groups excluding carboxylic acids is 1. The molecule has 0 aliphatic rings. The van der Waals surface area contributed by atoms with Crippen LogP contribution in [-0.2, 0) is 14.3 Å². The van der Waals surface area contributed by atoms with E-state index in [9.17, 15) is 9.59 Å². The van der Waals surface area contributed by atoms with Crippen LogP contribution in [0.1, 0.15) is 26.7 Å². The quantitative estimate of drug-likeness (QED) is 0.498. The van der Waals surface area contributed by atoms with E-state index >= 15 is 0 Å². The molecule has 0 aliphatic carbocycles. The second-order valence-electron chi connectivity index (χ2n) is 4.50. The number of methoxy groups -OCH3 is 1. The summed E-state index contributed by atoms with van der Waals surface area (Å²) >= 11 is 0. The van der Waals surface area contributed by atoms with Gasteiger partial charge in [0.15, 0.2) is 0 Å². The second-order valence-corrected chi connectivity index (χ2v) is 4.50. The molecule has 6 nitrogen and oxygen atoms in total. The van der Waals surface area contributed by atoms with Gasteiger partial charge in [-0.3, -0.25) is 9.59 Å². The Hall–Kier alpha value is -1.14. The first-order chi connectivity index (χ1) is 7.87. The Labute approximate surface area is 102 Å².